The molecule has 1 saturated heterocycles. The summed E-state index contributed by atoms with van der Waals surface area (Å²) >= 11 is 0. The Hall–Kier alpha value is -0.570. The van der Waals surface area contributed by atoms with E-state index in [1.54, 1.807) is 0 Å². The highest BCUT2D eigenvalue weighted by molar-refractivity contribution is 5.69. The number of esters is 1. The largest absolute Gasteiger partial charge is 0.463 e. The summed E-state index contributed by atoms with van der Waals surface area (Å²) in [6.07, 6.45) is 3.99. The van der Waals surface area contributed by atoms with Crippen LogP contribution in [0, 0.1) is 5.92 Å². The number of hydrogen-bond acceptors (Lipinski definition) is 3. The van der Waals surface area contributed by atoms with Crippen molar-refractivity contribution in [2.45, 2.75) is 45.6 Å². The lowest BCUT2D eigenvalue weighted by Gasteiger charge is -2.22. The predicted molar refractivity (Wildman–Crippen MR) is 54.0 cm³/mol. The Bertz CT molecular complexity index is 171. The van der Waals surface area contributed by atoms with Gasteiger partial charge in [-0.05, 0) is 25.2 Å². The van der Waals surface area contributed by atoms with E-state index >= 15 is 0 Å². The van der Waals surface area contributed by atoms with Crippen LogP contribution in [0.3, 0.4) is 0 Å². The lowest BCUT2D eigenvalue weighted by Crippen LogP contribution is -2.26. The smallest absolute Gasteiger partial charge is 0.306 e. The van der Waals surface area contributed by atoms with Crippen molar-refractivity contribution in [1.29, 1.82) is 0 Å². The molecule has 0 radical (unpaired) electrons. The Balaban J connectivity index is 2.09. The maximum absolute atomic E-state index is 11.2. The van der Waals surface area contributed by atoms with Crippen LogP contribution in [0.1, 0.15) is 39.5 Å². The fourth-order valence-electron chi connectivity index (χ4n) is 1.52. The molecule has 1 heterocycles. The molecule has 0 N–H and O–H groups in total. The van der Waals surface area contributed by atoms with Gasteiger partial charge in [-0.1, -0.05) is 13.8 Å². The molecule has 1 atom stereocenters. The van der Waals surface area contributed by atoms with Crippen molar-refractivity contribution in [3.8, 4) is 0 Å². The van der Waals surface area contributed by atoms with Gasteiger partial charge in [0.15, 0.2) is 0 Å². The van der Waals surface area contributed by atoms with Crippen molar-refractivity contribution in [2.24, 2.45) is 5.92 Å². The zero-order valence-corrected chi connectivity index (χ0v) is 9.12. The molecule has 14 heavy (non-hydrogen) atoms. The second-order valence-corrected chi connectivity index (χ2v) is 4.27. The summed E-state index contributed by atoms with van der Waals surface area (Å²) < 4.78 is 10.6. The van der Waals surface area contributed by atoms with E-state index in [1.165, 1.54) is 6.42 Å². The van der Waals surface area contributed by atoms with Crippen molar-refractivity contribution in [3.05, 3.63) is 0 Å². The molecule has 1 fully saturated rings. The lowest BCUT2D eigenvalue weighted by molar-refractivity contribution is -0.149. The monoisotopic (exact) mass is 200 g/mol. The van der Waals surface area contributed by atoms with Crippen LogP contribution in [-0.2, 0) is 14.3 Å². The molecule has 0 amide bonds. The Morgan fingerprint density at radius 1 is 1.50 bits per heavy atom. The first-order valence-corrected chi connectivity index (χ1v) is 5.45. The van der Waals surface area contributed by atoms with Crippen LogP contribution in [-0.4, -0.2) is 25.3 Å². The first-order chi connectivity index (χ1) is 6.68. The summed E-state index contributed by atoms with van der Waals surface area (Å²) in [4.78, 5) is 11.2. The Kier molecular flexibility index (Phi) is 4.94. The van der Waals surface area contributed by atoms with Gasteiger partial charge in [0, 0.05) is 13.0 Å². The molecule has 1 aliphatic heterocycles. The molecule has 3 heteroatoms. The summed E-state index contributed by atoms with van der Waals surface area (Å²) in [5, 5.41) is 0. The standard InChI is InChI=1S/C11H20O3/c1-9(2)7-11(12)14-8-10-5-3-4-6-13-10/h9-10H,3-8H2,1-2H3. The molecular weight excluding hydrogens is 180 g/mol. The number of carbonyl (C=O) groups excluding carboxylic acids is 1. The highest BCUT2D eigenvalue weighted by Gasteiger charge is 2.16. The molecule has 1 aliphatic rings. The Morgan fingerprint density at radius 3 is 2.86 bits per heavy atom. The van der Waals surface area contributed by atoms with E-state index < -0.39 is 0 Å². The van der Waals surface area contributed by atoms with E-state index in [9.17, 15) is 4.79 Å². The fraction of sp³-hybridized carbons (Fsp3) is 0.909. The van der Waals surface area contributed by atoms with Gasteiger partial charge in [-0.15, -0.1) is 0 Å². The van der Waals surface area contributed by atoms with Crippen molar-refractivity contribution >= 4 is 5.97 Å². The SMILES string of the molecule is CC(C)CC(=O)OCC1CCCCO1. The van der Waals surface area contributed by atoms with Gasteiger partial charge in [-0.2, -0.15) is 0 Å². The normalized spacial score (nSPS) is 22.4. The van der Waals surface area contributed by atoms with Crippen molar-refractivity contribution in [3.63, 3.8) is 0 Å². The minimum atomic E-state index is -0.103. The number of carbonyl (C=O) groups is 1. The molecule has 0 aromatic carbocycles. The summed E-state index contributed by atoms with van der Waals surface area (Å²) in [6.45, 7) is 5.27. The first kappa shape index (κ1) is 11.5. The maximum atomic E-state index is 11.2. The molecule has 82 valence electrons. The highest BCUT2D eigenvalue weighted by atomic mass is 16.6. The highest BCUT2D eigenvalue weighted by Crippen LogP contribution is 2.13. The summed E-state index contributed by atoms with van der Waals surface area (Å²) in [7, 11) is 0. The summed E-state index contributed by atoms with van der Waals surface area (Å²) in [6, 6.07) is 0. The quantitative estimate of drug-likeness (QED) is 0.652. The van der Waals surface area contributed by atoms with E-state index in [2.05, 4.69) is 0 Å². The second kappa shape index (κ2) is 6.02. The Morgan fingerprint density at radius 2 is 2.29 bits per heavy atom. The van der Waals surface area contributed by atoms with Crippen LogP contribution >= 0.6 is 0 Å². The van der Waals surface area contributed by atoms with Gasteiger partial charge in [0.1, 0.15) is 6.61 Å². The lowest BCUT2D eigenvalue weighted by atomic mass is 10.1. The van der Waals surface area contributed by atoms with E-state index in [0.29, 0.717) is 18.9 Å². The van der Waals surface area contributed by atoms with Gasteiger partial charge in [-0.3, -0.25) is 4.79 Å². The first-order valence-electron chi connectivity index (χ1n) is 5.45. The van der Waals surface area contributed by atoms with Crippen LogP contribution < -0.4 is 0 Å². The van der Waals surface area contributed by atoms with Gasteiger partial charge in [0.25, 0.3) is 0 Å². The van der Waals surface area contributed by atoms with Crippen molar-refractivity contribution in [2.75, 3.05) is 13.2 Å². The third kappa shape index (κ3) is 4.61. The van der Waals surface area contributed by atoms with Gasteiger partial charge in [0.05, 0.1) is 6.10 Å². The van der Waals surface area contributed by atoms with Crippen LogP contribution in [0.5, 0.6) is 0 Å². The third-order valence-electron chi connectivity index (χ3n) is 2.28. The molecule has 1 unspecified atom stereocenters. The van der Waals surface area contributed by atoms with E-state index in [1.807, 2.05) is 13.8 Å². The number of ether oxygens (including phenoxy) is 2. The molecule has 3 nitrogen and oxygen atoms in total. The zero-order chi connectivity index (χ0) is 10.4. The zero-order valence-electron chi connectivity index (χ0n) is 9.12. The Labute approximate surface area is 85.8 Å². The minimum Gasteiger partial charge on any atom is -0.463 e. The number of rotatable bonds is 4. The fourth-order valence-corrected chi connectivity index (χ4v) is 1.52. The maximum Gasteiger partial charge on any atom is 0.306 e. The van der Waals surface area contributed by atoms with Gasteiger partial charge >= 0.3 is 5.97 Å². The molecular formula is C11H20O3. The third-order valence-corrected chi connectivity index (χ3v) is 2.28. The van der Waals surface area contributed by atoms with Crippen LogP contribution in [0.15, 0.2) is 0 Å². The molecule has 0 aromatic heterocycles. The molecule has 0 saturated carbocycles. The van der Waals surface area contributed by atoms with Crippen molar-refractivity contribution < 1.29 is 14.3 Å². The number of hydrogen-bond donors (Lipinski definition) is 0. The summed E-state index contributed by atoms with van der Waals surface area (Å²) in [5.74, 6) is 0.268. The van der Waals surface area contributed by atoms with Gasteiger partial charge in [-0.25, -0.2) is 0 Å². The van der Waals surface area contributed by atoms with E-state index in [4.69, 9.17) is 9.47 Å². The molecule has 0 spiro atoms. The molecule has 0 bridgehead atoms. The van der Waals surface area contributed by atoms with E-state index in [0.717, 1.165) is 19.4 Å². The van der Waals surface area contributed by atoms with Crippen LogP contribution in [0.25, 0.3) is 0 Å². The average Bonchev–Trinajstić information content (AvgIpc) is 2.15. The second-order valence-electron chi connectivity index (χ2n) is 4.27. The average molecular weight is 200 g/mol. The molecule has 0 aromatic rings. The van der Waals surface area contributed by atoms with Crippen molar-refractivity contribution in [1.82, 2.24) is 0 Å². The topological polar surface area (TPSA) is 35.5 Å². The minimum absolute atomic E-state index is 0.103. The van der Waals surface area contributed by atoms with Crippen LogP contribution in [0.2, 0.25) is 0 Å². The van der Waals surface area contributed by atoms with E-state index in [-0.39, 0.29) is 12.1 Å². The molecule has 0 aliphatic carbocycles. The van der Waals surface area contributed by atoms with Gasteiger partial charge < -0.3 is 9.47 Å². The van der Waals surface area contributed by atoms with Crippen LogP contribution in [0.4, 0.5) is 0 Å². The predicted octanol–water partition coefficient (Wildman–Crippen LogP) is 2.14. The van der Waals surface area contributed by atoms with Gasteiger partial charge in [0.2, 0.25) is 0 Å². The molecule has 1 rings (SSSR count). The summed E-state index contributed by atoms with van der Waals surface area (Å²) in [5.41, 5.74) is 0.